The standard InChI is InChI=1S/C18H19N3OS/c1-13-6-5-7-14(10-13)11-16-12-19-18(23-16)21-20-17(22)15-8-3-2-4-9-15/h2-10,16H,11-12H2,1H3,(H,19,21)(H,20,22)/t16-/m1/s1. The summed E-state index contributed by atoms with van der Waals surface area (Å²) in [5.41, 5.74) is 8.84. The van der Waals surface area contributed by atoms with Crippen molar-refractivity contribution in [1.82, 2.24) is 10.9 Å². The molecule has 2 aromatic rings. The molecule has 0 spiro atoms. The van der Waals surface area contributed by atoms with E-state index in [4.69, 9.17) is 0 Å². The van der Waals surface area contributed by atoms with E-state index in [0.717, 1.165) is 18.1 Å². The Morgan fingerprint density at radius 1 is 1.22 bits per heavy atom. The van der Waals surface area contributed by atoms with E-state index in [9.17, 15) is 4.79 Å². The summed E-state index contributed by atoms with van der Waals surface area (Å²) >= 11 is 1.67. The minimum atomic E-state index is -0.156. The molecule has 1 aliphatic rings. The van der Waals surface area contributed by atoms with Crippen LogP contribution in [-0.2, 0) is 6.42 Å². The number of nitrogens with zero attached hydrogens (tertiary/aromatic N) is 1. The van der Waals surface area contributed by atoms with Gasteiger partial charge in [-0.3, -0.25) is 20.6 Å². The van der Waals surface area contributed by atoms with Gasteiger partial charge in [-0.15, -0.1) is 0 Å². The predicted molar refractivity (Wildman–Crippen MR) is 95.6 cm³/mol. The van der Waals surface area contributed by atoms with Crippen LogP contribution < -0.4 is 10.9 Å². The minimum Gasteiger partial charge on any atom is -0.276 e. The summed E-state index contributed by atoms with van der Waals surface area (Å²) in [7, 11) is 0. The second kappa shape index (κ2) is 7.33. The lowest BCUT2D eigenvalue weighted by atomic mass is 10.1. The van der Waals surface area contributed by atoms with Crippen molar-refractivity contribution in [2.45, 2.75) is 18.6 Å². The van der Waals surface area contributed by atoms with Gasteiger partial charge in [0.2, 0.25) is 0 Å². The lowest BCUT2D eigenvalue weighted by Gasteiger charge is -2.10. The van der Waals surface area contributed by atoms with Crippen LogP contribution in [0.3, 0.4) is 0 Å². The number of carbonyl (C=O) groups excluding carboxylic acids is 1. The number of thioether (sulfide) groups is 1. The highest BCUT2D eigenvalue weighted by molar-refractivity contribution is 8.14. The Bertz CT molecular complexity index is 715. The molecular weight excluding hydrogens is 306 g/mol. The third-order valence-electron chi connectivity index (χ3n) is 3.58. The van der Waals surface area contributed by atoms with Gasteiger partial charge in [-0.05, 0) is 31.0 Å². The summed E-state index contributed by atoms with van der Waals surface area (Å²) < 4.78 is 0. The number of nitrogens with one attached hydrogen (secondary N) is 2. The van der Waals surface area contributed by atoms with E-state index < -0.39 is 0 Å². The van der Waals surface area contributed by atoms with Gasteiger partial charge in [-0.2, -0.15) is 0 Å². The van der Waals surface area contributed by atoms with Crippen molar-refractivity contribution < 1.29 is 4.79 Å². The fraction of sp³-hybridized carbons (Fsp3) is 0.222. The molecule has 0 radical (unpaired) electrons. The second-order valence-electron chi connectivity index (χ2n) is 5.52. The molecule has 1 aliphatic heterocycles. The van der Waals surface area contributed by atoms with Gasteiger partial charge in [0.15, 0.2) is 5.17 Å². The average Bonchev–Trinajstić information content (AvgIpc) is 3.01. The molecule has 4 nitrogen and oxygen atoms in total. The van der Waals surface area contributed by atoms with E-state index in [2.05, 4.69) is 47.0 Å². The number of amidine groups is 1. The topological polar surface area (TPSA) is 53.5 Å². The molecule has 118 valence electrons. The van der Waals surface area contributed by atoms with Crippen LogP contribution in [0.5, 0.6) is 0 Å². The number of hydrazine groups is 1. The SMILES string of the molecule is Cc1cccc(C[C@@H]2CN=C(NNC(=O)c3ccccc3)S2)c1. The van der Waals surface area contributed by atoms with Crippen molar-refractivity contribution in [2.24, 2.45) is 4.99 Å². The van der Waals surface area contributed by atoms with Crippen LogP contribution >= 0.6 is 11.8 Å². The molecule has 2 aromatic carbocycles. The van der Waals surface area contributed by atoms with Gasteiger partial charge in [0.05, 0.1) is 6.54 Å². The van der Waals surface area contributed by atoms with Crippen molar-refractivity contribution in [3.63, 3.8) is 0 Å². The van der Waals surface area contributed by atoms with Crippen LogP contribution in [0.1, 0.15) is 21.5 Å². The Morgan fingerprint density at radius 3 is 2.83 bits per heavy atom. The molecule has 1 atom stereocenters. The number of hydrogen-bond acceptors (Lipinski definition) is 4. The highest BCUT2D eigenvalue weighted by Crippen LogP contribution is 2.23. The molecule has 0 aliphatic carbocycles. The monoisotopic (exact) mass is 325 g/mol. The maximum absolute atomic E-state index is 12.0. The zero-order valence-electron chi connectivity index (χ0n) is 13.0. The number of hydrogen-bond donors (Lipinski definition) is 2. The van der Waals surface area contributed by atoms with Crippen LogP contribution in [0.25, 0.3) is 0 Å². The quantitative estimate of drug-likeness (QED) is 0.853. The Morgan fingerprint density at radius 2 is 2.04 bits per heavy atom. The zero-order valence-corrected chi connectivity index (χ0v) is 13.8. The van der Waals surface area contributed by atoms with Crippen molar-refractivity contribution >= 4 is 22.8 Å². The third kappa shape index (κ3) is 4.36. The summed E-state index contributed by atoms with van der Waals surface area (Å²) in [5, 5.41) is 1.18. The van der Waals surface area contributed by atoms with E-state index in [0.29, 0.717) is 10.8 Å². The lowest BCUT2D eigenvalue weighted by Crippen LogP contribution is -2.40. The Kier molecular flexibility index (Phi) is 4.98. The van der Waals surface area contributed by atoms with Crippen LogP contribution in [0, 0.1) is 6.92 Å². The number of carbonyl (C=O) groups is 1. The minimum absolute atomic E-state index is 0.156. The van der Waals surface area contributed by atoms with Crippen molar-refractivity contribution in [1.29, 1.82) is 0 Å². The molecule has 0 saturated carbocycles. The first-order valence-electron chi connectivity index (χ1n) is 7.59. The summed E-state index contributed by atoms with van der Waals surface area (Å²) in [4.78, 5) is 16.4. The molecule has 0 saturated heterocycles. The molecule has 0 bridgehead atoms. The Balaban J connectivity index is 1.47. The van der Waals surface area contributed by atoms with Crippen molar-refractivity contribution in [2.75, 3.05) is 6.54 Å². The first kappa shape index (κ1) is 15.6. The largest absolute Gasteiger partial charge is 0.276 e. The van der Waals surface area contributed by atoms with Gasteiger partial charge in [0.1, 0.15) is 0 Å². The van der Waals surface area contributed by atoms with Gasteiger partial charge >= 0.3 is 0 Å². The van der Waals surface area contributed by atoms with Crippen LogP contribution in [0.2, 0.25) is 0 Å². The van der Waals surface area contributed by atoms with E-state index >= 15 is 0 Å². The van der Waals surface area contributed by atoms with Crippen molar-refractivity contribution in [3.8, 4) is 0 Å². The molecule has 1 heterocycles. The molecule has 1 amide bonds. The Hall–Kier alpha value is -2.27. The number of aryl methyl sites for hydroxylation is 1. The van der Waals surface area contributed by atoms with E-state index in [1.165, 1.54) is 11.1 Å². The van der Waals surface area contributed by atoms with Gasteiger partial charge in [-0.25, -0.2) is 0 Å². The molecular formula is C18H19N3OS. The maximum Gasteiger partial charge on any atom is 0.269 e. The molecule has 23 heavy (non-hydrogen) atoms. The third-order valence-corrected chi connectivity index (χ3v) is 4.69. The van der Waals surface area contributed by atoms with Gasteiger partial charge in [0, 0.05) is 10.8 Å². The number of benzene rings is 2. The molecule has 2 N–H and O–H groups in total. The average molecular weight is 325 g/mol. The first-order valence-corrected chi connectivity index (χ1v) is 8.47. The summed E-state index contributed by atoms with van der Waals surface area (Å²) in [6.45, 7) is 2.87. The normalized spacial score (nSPS) is 16.7. The molecule has 0 fully saturated rings. The molecule has 5 heteroatoms. The summed E-state index contributed by atoms with van der Waals surface area (Å²) in [5.74, 6) is -0.156. The molecule has 0 aromatic heterocycles. The smallest absolute Gasteiger partial charge is 0.269 e. The fourth-order valence-corrected chi connectivity index (χ4v) is 3.47. The molecule has 3 rings (SSSR count). The maximum atomic E-state index is 12.0. The fourth-order valence-electron chi connectivity index (χ4n) is 2.47. The first-order chi connectivity index (χ1) is 11.2. The Labute approximate surface area is 140 Å². The van der Waals surface area contributed by atoms with E-state index in [1.54, 1.807) is 23.9 Å². The van der Waals surface area contributed by atoms with Gasteiger partial charge in [0.25, 0.3) is 5.91 Å². The molecule has 0 unspecified atom stereocenters. The van der Waals surface area contributed by atoms with Crippen LogP contribution in [0.15, 0.2) is 59.6 Å². The number of rotatable bonds is 3. The van der Waals surface area contributed by atoms with Gasteiger partial charge < -0.3 is 0 Å². The highest BCUT2D eigenvalue weighted by atomic mass is 32.2. The summed E-state index contributed by atoms with van der Waals surface area (Å²) in [6.07, 6.45) is 0.980. The summed E-state index contributed by atoms with van der Waals surface area (Å²) in [6, 6.07) is 17.7. The second-order valence-corrected chi connectivity index (χ2v) is 6.81. The van der Waals surface area contributed by atoms with E-state index in [-0.39, 0.29) is 5.91 Å². The highest BCUT2D eigenvalue weighted by Gasteiger charge is 2.20. The van der Waals surface area contributed by atoms with Crippen LogP contribution in [-0.4, -0.2) is 22.9 Å². The zero-order chi connectivity index (χ0) is 16.1. The number of amides is 1. The predicted octanol–water partition coefficient (Wildman–Crippen LogP) is 2.94. The van der Waals surface area contributed by atoms with Gasteiger partial charge in [-0.1, -0.05) is 59.8 Å². The number of aliphatic imine (C=N–C) groups is 1. The van der Waals surface area contributed by atoms with Crippen molar-refractivity contribution in [3.05, 3.63) is 71.3 Å². The van der Waals surface area contributed by atoms with Crippen LogP contribution in [0.4, 0.5) is 0 Å². The lowest BCUT2D eigenvalue weighted by molar-refractivity contribution is 0.0944. The van der Waals surface area contributed by atoms with E-state index in [1.807, 2.05) is 18.2 Å².